The number of carbonyl (C=O) groups is 1. The molecule has 2 aromatic heterocycles. The van der Waals surface area contributed by atoms with Gasteiger partial charge in [-0.3, -0.25) is 4.57 Å². The summed E-state index contributed by atoms with van der Waals surface area (Å²) >= 11 is 0. The van der Waals surface area contributed by atoms with Crippen molar-refractivity contribution in [1.29, 1.82) is 5.26 Å². The standard InChI is InChI=1S/C18H20N2O3/c1-13-16(18(21)22-12-14-7-3-2-4-8-14)15(11-19)17(23-13)20-9-5-6-10-20/h5-6,9-10,14H,2-4,7-8,12H2,1H3. The van der Waals surface area contributed by atoms with E-state index in [0.717, 1.165) is 12.8 Å². The first-order chi connectivity index (χ1) is 11.2. The molecule has 0 bridgehead atoms. The van der Waals surface area contributed by atoms with Gasteiger partial charge in [0.15, 0.2) is 0 Å². The molecule has 2 aromatic rings. The van der Waals surface area contributed by atoms with Gasteiger partial charge in [0, 0.05) is 12.4 Å². The fourth-order valence-electron chi connectivity index (χ4n) is 3.15. The molecule has 0 spiro atoms. The van der Waals surface area contributed by atoms with E-state index in [1.165, 1.54) is 19.3 Å². The Kier molecular flexibility index (Phi) is 4.52. The molecule has 5 heteroatoms. The van der Waals surface area contributed by atoms with Crippen molar-refractivity contribution in [2.45, 2.75) is 39.0 Å². The van der Waals surface area contributed by atoms with E-state index in [2.05, 4.69) is 6.07 Å². The highest BCUT2D eigenvalue weighted by Gasteiger charge is 2.26. The molecule has 0 N–H and O–H groups in total. The van der Waals surface area contributed by atoms with E-state index in [1.54, 1.807) is 23.9 Å². The molecular weight excluding hydrogens is 292 g/mol. The van der Waals surface area contributed by atoms with Crippen molar-refractivity contribution in [1.82, 2.24) is 4.57 Å². The summed E-state index contributed by atoms with van der Waals surface area (Å²) in [6, 6.07) is 5.74. The van der Waals surface area contributed by atoms with Crippen LogP contribution in [0.3, 0.4) is 0 Å². The van der Waals surface area contributed by atoms with Crippen molar-refractivity contribution in [3.8, 4) is 12.0 Å². The highest BCUT2D eigenvalue weighted by Crippen LogP contribution is 2.28. The van der Waals surface area contributed by atoms with Crippen LogP contribution in [0.2, 0.25) is 0 Å². The number of aryl methyl sites for hydroxylation is 1. The largest absolute Gasteiger partial charge is 0.462 e. The van der Waals surface area contributed by atoms with E-state index < -0.39 is 5.97 Å². The minimum absolute atomic E-state index is 0.229. The third-order valence-electron chi connectivity index (χ3n) is 4.40. The molecule has 1 saturated carbocycles. The summed E-state index contributed by atoms with van der Waals surface area (Å²) in [5, 5.41) is 9.45. The van der Waals surface area contributed by atoms with Crippen LogP contribution in [0.5, 0.6) is 0 Å². The summed E-state index contributed by atoms with van der Waals surface area (Å²) in [4.78, 5) is 12.4. The smallest absolute Gasteiger partial charge is 0.343 e. The van der Waals surface area contributed by atoms with Gasteiger partial charge in [0.2, 0.25) is 5.88 Å². The Bertz CT molecular complexity index is 716. The zero-order valence-electron chi connectivity index (χ0n) is 13.2. The van der Waals surface area contributed by atoms with Gasteiger partial charge in [-0.2, -0.15) is 5.26 Å². The molecular formula is C18H20N2O3. The minimum Gasteiger partial charge on any atom is -0.462 e. The Balaban J connectivity index is 1.79. The van der Waals surface area contributed by atoms with E-state index >= 15 is 0 Å². The predicted octanol–water partition coefficient (Wildman–Crippen LogP) is 3.99. The third-order valence-corrected chi connectivity index (χ3v) is 4.40. The summed E-state index contributed by atoms with van der Waals surface area (Å²) in [5.41, 5.74) is 0.472. The summed E-state index contributed by atoms with van der Waals surface area (Å²) < 4.78 is 12.8. The number of rotatable bonds is 4. The van der Waals surface area contributed by atoms with Crippen LogP contribution in [0.25, 0.3) is 5.88 Å². The highest BCUT2D eigenvalue weighted by molar-refractivity contribution is 5.94. The normalized spacial score (nSPS) is 15.3. The lowest BCUT2D eigenvalue weighted by Gasteiger charge is -2.20. The molecule has 2 heterocycles. The molecule has 0 aliphatic heterocycles. The van der Waals surface area contributed by atoms with Crippen LogP contribution < -0.4 is 0 Å². The summed E-state index contributed by atoms with van der Waals surface area (Å²) in [6.07, 6.45) is 9.44. The van der Waals surface area contributed by atoms with E-state index in [0.29, 0.717) is 24.2 Å². The third kappa shape index (κ3) is 3.16. The number of hydrogen-bond acceptors (Lipinski definition) is 4. The van der Waals surface area contributed by atoms with Crippen LogP contribution in [0.1, 0.15) is 53.8 Å². The van der Waals surface area contributed by atoms with Crippen molar-refractivity contribution in [2.75, 3.05) is 6.61 Å². The van der Waals surface area contributed by atoms with Gasteiger partial charge in [0.1, 0.15) is 23.0 Å². The second-order valence-electron chi connectivity index (χ2n) is 6.02. The van der Waals surface area contributed by atoms with Gasteiger partial charge in [-0.1, -0.05) is 19.3 Å². The first kappa shape index (κ1) is 15.4. The molecule has 5 nitrogen and oxygen atoms in total. The zero-order chi connectivity index (χ0) is 16.2. The minimum atomic E-state index is -0.466. The maximum Gasteiger partial charge on any atom is 0.343 e. The van der Waals surface area contributed by atoms with Crippen LogP contribution in [-0.4, -0.2) is 17.1 Å². The second-order valence-corrected chi connectivity index (χ2v) is 6.02. The van der Waals surface area contributed by atoms with Crippen molar-refractivity contribution in [3.63, 3.8) is 0 Å². The maximum atomic E-state index is 12.4. The molecule has 0 saturated heterocycles. The average Bonchev–Trinajstić information content (AvgIpc) is 3.20. The summed E-state index contributed by atoms with van der Waals surface area (Å²) in [6.45, 7) is 2.11. The molecule has 0 amide bonds. The van der Waals surface area contributed by atoms with Crippen LogP contribution >= 0.6 is 0 Å². The number of carbonyl (C=O) groups excluding carboxylic acids is 1. The van der Waals surface area contributed by atoms with Gasteiger partial charge in [0.25, 0.3) is 0 Å². The van der Waals surface area contributed by atoms with Crippen LogP contribution in [-0.2, 0) is 4.74 Å². The molecule has 0 unspecified atom stereocenters. The topological polar surface area (TPSA) is 68.2 Å². The Morgan fingerprint density at radius 1 is 1.35 bits per heavy atom. The Morgan fingerprint density at radius 2 is 2.04 bits per heavy atom. The van der Waals surface area contributed by atoms with Gasteiger partial charge in [-0.15, -0.1) is 0 Å². The van der Waals surface area contributed by atoms with Crippen LogP contribution in [0, 0.1) is 24.2 Å². The van der Waals surface area contributed by atoms with E-state index in [1.807, 2.05) is 12.1 Å². The van der Waals surface area contributed by atoms with Crippen molar-refractivity contribution >= 4 is 5.97 Å². The molecule has 1 aliphatic rings. The van der Waals surface area contributed by atoms with E-state index in [9.17, 15) is 10.1 Å². The lowest BCUT2D eigenvalue weighted by molar-refractivity contribution is 0.0408. The zero-order valence-corrected chi connectivity index (χ0v) is 13.2. The molecule has 0 aromatic carbocycles. The van der Waals surface area contributed by atoms with Crippen molar-refractivity contribution in [2.24, 2.45) is 5.92 Å². The number of ether oxygens (including phenoxy) is 1. The molecule has 0 atom stereocenters. The van der Waals surface area contributed by atoms with Gasteiger partial charge in [0.05, 0.1) is 6.61 Å². The number of hydrogen-bond donors (Lipinski definition) is 0. The lowest BCUT2D eigenvalue weighted by Crippen LogP contribution is -2.17. The number of esters is 1. The number of nitriles is 1. The summed E-state index contributed by atoms with van der Waals surface area (Å²) in [7, 11) is 0. The van der Waals surface area contributed by atoms with Crippen LogP contribution in [0.15, 0.2) is 28.9 Å². The number of aromatic nitrogens is 1. The van der Waals surface area contributed by atoms with Gasteiger partial charge >= 0.3 is 5.97 Å². The summed E-state index contributed by atoms with van der Waals surface area (Å²) in [5.74, 6) is 0.750. The van der Waals surface area contributed by atoms with Crippen molar-refractivity contribution < 1.29 is 13.9 Å². The number of furan rings is 1. The Morgan fingerprint density at radius 3 is 2.70 bits per heavy atom. The van der Waals surface area contributed by atoms with E-state index in [4.69, 9.17) is 9.15 Å². The monoisotopic (exact) mass is 312 g/mol. The van der Waals surface area contributed by atoms with Gasteiger partial charge in [-0.25, -0.2) is 4.79 Å². The first-order valence-electron chi connectivity index (χ1n) is 8.04. The highest BCUT2D eigenvalue weighted by atomic mass is 16.5. The number of nitrogens with zero attached hydrogens (tertiary/aromatic N) is 2. The molecule has 0 radical (unpaired) electrons. The van der Waals surface area contributed by atoms with E-state index in [-0.39, 0.29) is 11.1 Å². The quantitative estimate of drug-likeness (QED) is 0.801. The maximum absolute atomic E-state index is 12.4. The Hall–Kier alpha value is -2.48. The predicted molar refractivity (Wildman–Crippen MR) is 84.3 cm³/mol. The second kappa shape index (κ2) is 6.74. The van der Waals surface area contributed by atoms with Crippen molar-refractivity contribution in [3.05, 3.63) is 41.4 Å². The molecule has 1 aliphatic carbocycles. The fraction of sp³-hybridized carbons (Fsp3) is 0.444. The molecule has 1 fully saturated rings. The molecule has 23 heavy (non-hydrogen) atoms. The van der Waals surface area contributed by atoms with Gasteiger partial charge in [-0.05, 0) is 37.8 Å². The molecule has 3 rings (SSSR count). The average molecular weight is 312 g/mol. The van der Waals surface area contributed by atoms with Crippen LogP contribution in [0.4, 0.5) is 0 Å². The Labute approximate surface area is 135 Å². The fourth-order valence-corrected chi connectivity index (χ4v) is 3.15. The van der Waals surface area contributed by atoms with Gasteiger partial charge < -0.3 is 9.15 Å². The SMILES string of the molecule is Cc1oc(-n2cccc2)c(C#N)c1C(=O)OCC1CCCCC1. The molecule has 120 valence electrons. The first-order valence-corrected chi connectivity index (χ1v) is 8.04. The lowest BCUT2D eigenvalue weighted by atomic mass is 9.90.